The van der Waals surface area contributed by atoms with Crippen molar-refractivity contribution in [1.29, 1.82) is 0 Å². The van der Waals surface area contributed by atoms with Crippen LogP contribution in [0.3, 0.4) is 0 Å². The molecule has 0 radical (unpaired) electrons. The highest BCUT2D eigenvalue weighted by Crippen LogP contribution is 2.23. The van der Waals surface area contributed by atoms with Crippen LogP contribution in [-0.2, 0) is 4.79 Å². The van der Waals surface area contributed by atoms with Gasteiger partial charge in [-0.3, -0.25) is 9.79 Å². The number of Topliss-reactive ketones (excluding diaryl/α,β-unsaturated/α-hetero) is 1. The monoisotopic (exact) mass is 309 g/mol. The number of aliphatic imine (C=N–C) groups is 2. The minimum Gasteiger partial charge on any atom is -0.334 e. The molecule has 2 rings (SSSR count). The van der Waals surface area contributed by atoms with E-state index >= 15 is 0 Å². The number of nitrogens with zero attached hydrogens (tertiary/aromatic N) is 2. The quantitative estimate of drug-likeness (QED) is 0.923. The van der Waals surface area contributed by atoms with Crippen molar-refractivity contribution in [2.24, 2.45) is 15.4 Å². The van der Waals surface area contributed by atoms with Gasteiger partial charge in [0.15, 0.2) is 16.1 Å². The number of hydrogen-bond donors (Lipinski definition) is 1. The summed E-state index contributed by atoms with van der Waals surface area (Å²) < 4.78 is 0. The van der Waals surface area contributed by atoms with Crippen LogP contribution in [0.15, 0.2) is 34.3 Å². The first-order valence-electron chi connectivity index (χ1n) is 6.21. The van der Waals surface area contributed by atoms with Crippen LogP contribution in [0.2, 0.25) is 5.02 Å². The zero-order valence-corrected chi connectivity index (χ0v) is 13.2. The molecule has 0 amide bonds. The minimum absolute atomic E-state index is 0.111. The molecule has 0 saturated heterocycles. The number of anilines is 1. The molecule has 0 saturated carbocycles. The van der Waals surface area contributed by atoms with E-state index < -0.39 is 0 Å². The Kier molecular flexibility index (Phi) is 4.50. The van der Waals surface area contributed by atoms with Crippen LogP contribution in [-0.4, -0.2) is 22.7 Å². The van der Waals surface area contributed by atoms with Crippen molar-refractivity contribution < 1.29 is 4.79 Å². The molecule has 1 aliphatic heterocycles. The van der Waals surface area contributed by atoms with E-state index in [1.54, 1.807) is 0 Å². The smallest absolute Gasteiger partial charge is 0.193 e. The maximum atomic E-state index is 11.7. The summed E-state index contributed by atoms with van der Waals surface area (Å²) in [6, 6.07) is 7.38. The van der Waals surface area contributed by atoms with Crippen molar-refractivity contribution in [1.82, 2.24) is 0 Å². The Balaban J connectivity index is 1.87. The molecule has 4 nitrogen and oxygen atoms in total. The predicted molar refractivity (Wildman–Crippen MR) is 86.9 cm³/mol. The summed E-state index contributed by atoms with van der Waals surface area (Å²) in [5.74, 6) is 0.111. The van der Waals surface area contributed by atoms with Crippen LogP contribution < -0.4 is 5.32 Å². The summed E-state index contributed by atoms with van der Waals surface area (Å²) in [5, 5.41) is 5.25. The summed E-state index contributed by atoms with van der Waals surface area (Å²) >= 11 is 7.24. The second-order valence-corrected chi connectivity index (χ2v) is 6.82. The first kappa shape index (κ1) is 15.1. The van der Waals surface area contributed by atoms with Crippen molar-refractivity contribution in [3.63, 3.8) is 0 Å². The predicted octanol–water partition coefficient (Wildman–Crippen LogP) is 3.83. The second kappa shape index (κ2) is 5.97. The fourth-order valence-electron chi connectivity index (χ4n) is 1.33. The lowest BCUT2D eigenvalue weighted by atomic mass is 9.91. The van der Waals surface area contributed by atoms with Crippen LogP contribution in [0.5, 0.6) is 0 Å². The van der Waals surface area contributed by atoms with E-state index in [1.165, 1.54) is 11.8 Å². The number of thioether (sulfide) groups is 1. The van der Waals surface area contributed by atoms with E-state index in [0.717, 1.165) is 10.9 Å². The number of carbonyl (C=O) groups excluding carboxylic acids is 1. The maximum absolute atomic E-state index is 11.7. The van der Waals surface area contributed by atoms with Gasteiger partial charge in [0.2, 0.25) is 0 Å². The molecule has 1 aromatic rings. The largest absolute Gasteiger partial charge is 0.334 e. The lowest BCUT2D eigenvalue weighted by Crippen LogP contribution is -2.25. The molecule has 0 unspecified atom stereocenters. The van der Waals surface area contributed by atoms with E-state index in [0.29, 0.717) is 10.2 Å². The van der Waals surface area contributed by atoms with Crippen LogP contribution in [0, 0.1) is 5.41 Å². The highest BCUT2D eigenvalue weighted by molar-refractivity contribution is 8.29. The van der Waals surface area contributed by atoms with Gasteiger partial charge in [-0.2, -0.15) is 4.99 Å². The molecular weight excluding hydrogens is 294 g/mol. The second-order valence-electron chi connectivity index (χ2n) is 5.42. The Hall–Kier alpha value is -1.33. The molecule has 20 heavy (non-hydrogen) atoms. The molecule has 0 atom stereocenters. The average Bonchev–Trinajstić information content (AvgIpc) is 2.32. The summed E-state index contributed by atoms with van der Waals surface area (Å²) in [7, 11) is 0. The molecule has 6 heteroatoms. The van der Waals surface area contributed by atoms with Gasteiger partial charge in [-0.1, -0.05) is 32.4 Å². The molecule has 1 N–H and O–H groups in total. The topological polar surface area (TPSA) is 53.8 Å². The Morgan fingerprint density at radius 1 is 1.35 bits per heavy atom. The van der Waals surface area contributed by atoms with Gasteiger partial charge in [0.05, 0.1) is 0 Å². The number of benzene rings is 1. The van der Waals surface area contributed by atoms with Crippen LogP contribution in [0.4, 0.5) is 5.69 Å². The van der Waals surface area contributed by atoms with E-state index in [2.05, 4.69) is 15.3 Å². The van der Waals surface area contributed by atoms with Gasteiger partial charge < -0.3 is 5.32 Å². The van der Waals surface area contributed by atoms with Gasteiger partial charge in [-0.15, -0.1) is 0 Å². The van der Waals surface area contributed by atoms with Crippen molar-refractivity contribution in [3.05, 3.63) is 29.3 Å². The number of amidine groups is 2. The molecule has 0 spiro atoms. The van der Waals surface area contributed by atoms with Gasteiger partial charge in [-0.05, 0) is 36.0 Å². The normalized spacial score (nSPS) is 16.6. The first-order valence-corrected chi connectivity index (χ1v) is 7.41. The maximum Gasteiger partial charge on any atom is 0.193 e. The molecule has 1 aliphatic rings. The van der Waals surface area contributed by atoms with Crippen LogP contribution in [0.1, 0.15) is 20.8 Å². The van der Waals surface area contributed by atoms with Gasteiger partial charge in [-0.25, -0.2) is 0 Å². The summed E-state index contributed by atoms with van der Waals surface area (Å²) in [6.07, 6.45) is 0. The average molecular weight is 310 g/mol. The fourth-order valence-corrected chi connectivity index (χ4v) is 2.07. The van der Waals surface area contributed by atoms with Crippen molar-refractivity contribution in [2.75, 3.05) is 11.9 Å². The Morgan fingerprint density at radius 3 is 2.50 bits per heavy atom. The number of hydrogen-bond acceptors (Lipinski definition) is 4. The Labute approximate surface area is 127 Å². The van der Waals surface area contributed by atoms with Crippen LogP contribution in [0.25, 0.3) is 0 Å². The van der Waals surface area contributed by atoms with Crippen molar-refractivity contribution >= 4 is 45.2 Å². The number of carbonyl (C=O) groups is 1. The first-order chi connectivity index (χ1) is 9.34. The van der Waals surface area contributed by atoms with Gasteiger partial charge in [0.1, 0.15) is 6.54 Å². The van der Waals surface area contributed by atoms with E-state index in [1.807, 2.05) is 45.0 Å². The summed E-state index contributed by atoms with van der Waals surface area (Å²) in [6.45, 7) is 5.85. The lowest BCUT2D eigenvalue weighted by molar-refractivity contribution is -0.124. The summed E-state index contributed by atoms with van der Waals surface area (Å²) in [5.41, 5.74) is 0.567. The fraction of sp³-hybridized carbons (Fsp3) is 0.357. The molecule has 0 aliphatic carbocycles. The SMILES string of the molecule is CC(C)(C)C(=O)CN=C1N=C(Nc2ccc(Cl)cc2)S1. The van der Waals surface area contributed by atoms with Gasteiger partial charge in [0, 0.05) is 16.1 Å². The molecule has 1 aromatic carbocycles. The third kappa shape index (κ3) is 4.08. The van der Waals surface area contributed by atoms with Crippen LogP contribution >= 0.6 is 23.4 Å². The molecule has 0 bridgehead atoms. The van der Waals surface area contributed by atoms with Crippen molar-refractivity contribution in [3.8, 4) is 0 Å². The lowest BCUT2D eigenvalue weighted by Gasteiger charge is -2.18. The zero-order chi connectivity index (χ0) is 14.8. The molecule has 0 fully saturated rings. The summed E-state index contributed by atoms with van der Waals surface area (Å²) in [4.78, 5) is 20.1. The third-order valence-electron chi connectivity index (χ3n) is 2.68. The molecular formula is C14H16ClN3OS. The van der Waals surface area contributed by atoms with Gasteiger partial charge in [0.25, 0.3) is 0 Å². The third-order valence-corrected chi connectivity index (χ3v) is 3.72. The standard InChI is InChI=1S/C14H16ClN3OS/c1-14(2,3)11(19)8-16-12-18-13(20-12)17-10-6-4-9(15)5-7-10/h4-7H,8H2,1-3H3,(H,16,17,18). The van der Waals surface area contributed by atoms with E-state index in [-0.39, 0.29) is 17.7 Å². The Bertz CT molecular complexity index is 573. The molecule has 1 heterocycles. The van der Waals surface area contributed by atoms with Crippen molar-refractivity contribution in [2.45, 2.75) is 20.8 Å². The number of ketones is 1. The molecule has 0 aromatic heterocycles. The number of nitrogens with one attached hydrogen (secondary N) is 1. The number of halogens is 1. The number of rotatable bonds is 3. The Morgan fingerprint density at radius 2 is 1.95 bits per heavy atom. The van der Waals surface area contributed by atoms with Gasteiger partial charge >= 0.3 is 0 Å². The highest BCUT2D eigenvalue weighted by Gasteiger charge is 2.22. The minimum atomic E-state index is -0.355. The highest BCUT2D eigenvalue weighted by atomic mass is 35.5. The molecule has 106 valence electrons. The zero-order valence-electron chi connectivity index (χ0n) is 11.6. The van der Waals surface area contributed by atoms with E-state index in [4.69, 9.17) is 11.6 Å². The van der Waals surface area contributed by atoms with E-state index in [9.17, 15) is 4.79 Å².